The zero-order chi connectivity index (χ0) is 15.5. The highest BCUT2D eigenvalue weighted by molar-refractivity contribution is 6.07. The number of benzene rings is 2. The highest BCUT2D eigenvalue weighted by atomic mass is 19.4. The van der Waals surface area contributed by atoms with E-state index in [9.17, 15) is 23.1 Å². The van der Waals surface area contributed by atoms with Gasteiger partial charge in [0, 0.05) is 11.1 Å². The average Bonchev–Trinajstić information content (AvgIpc) is 2.45. The number of allylic oxidation sites excluding steroid dienone is 1. The normalized spacial score (nSPS) is 11.8. The van der Waals surface area contributed by atoms with Gasteiger partial charge >= 0.3 is 6.18 Å². The number of rotatable bonds is 3. The van der Waals surface area contributed by atoms with Crippen LogP contribution in [0.2, 0.25) is 0 Å². The zero-order valence-electron chi connectivity index (χ0n) is 10.8. The van der Waals surface area contributed by atoms with E-state index in [0.717, 1.165) is 18.2 Å². The van der Waals surface area contributed by atoms with Crippen LogP contribution in [0.15, 0.2) is 54.6 Å². The summed E-state index contributed by atoms with van der Waals surface area (Å²) in [6.07, 6.45) is -2.00. The van der Waals surface area contributed by atoms with Crippen molar-refractivity contribution in [1.29, 1.82) is 0 Å². The smallest absolute Gasteiger partial charge is 0.416 e. The van der Waals surface area contributed by atoms with Crippen molar-refractivity contribution in [3.63, 3.8) is 0 Å². The van der Waals surface area contributed by atoms with Crippen LogP contribution in [-0.4, -0.2) is 10.9 Å². The van der Waals surface area contributed by atoms with Gasteiger partial charge in [-0.15, -0.1) is 0 Å². The van der Waals surface area contributed by atoms with Gasteiger partial charge in [-0.1, -0.05) is 30.3 Å². The molecule has 5 heteroatoms. The maximum Gasteiger partial charge on any atom is 0.416 e. The Hall–Kier alpha value is -2.56. The molecule has 0 heterocycles. The lowest BCUT2D eigenvalue weighted by Gasteiger charge is -2.07. The predicted molar refractivity (Wildman–Crippen MR) is 72.9 cm³/mol. The van der Waals surface area contributed by atoms with Gasteiger partial charge in [-0.05, 0) is 30.4 Å². The number of para-hydroxylation sites is 1. The second-order valence-corrected chi connectivity index (χ2v) is 4.33. The largest absolute Gasteiger partial charge is 0.507 e. The molecule has 108 valence electrons. The summed E-state index contributed by atoms with van der Waals surface area (Å²) in [5, 5.41) is 9.53. The Bertz CT molecular complexity index is 688. The topological polar surface area (TPSA) is 37.3 Å². The first-order valence-electron chi connectivity index (χ1n) is 6.05. The lowest BCUT2D eigenvalue weighted by Crippen LogP contribution is -2.06. The maximum absolute atomic E-state index is 12.6. The Balaban J connectivity index is 2.23. The Labute approximate surface area is 119 Å². The van der Waals surface area contributed by atoms with Gasteiger partial charge in [0.15, 0.2) is 5.78 Å². The number of alkyl halides is 3. The minimum atomic E-state index is -4.49. The van der Waals surface area contributed by atoms with Gasteiger partial charge in [0.2, 0.25) is 0 Å². The van der Waals surface area contributed by atoms with E-state index >= 15 is 0 Å². The molecule has 0 unspecified atom stereocenters. The van der Waals surface area contributed by atoms with Crippen LogP contribution in [0, 0.1) is 0 Å². The highest BCUT2D eigenvalue weighted by Gasteiger charge is 2.30. The number of aromatic hydroxyl groups is 1. The van der Waals surface area contributed by atoms with E-state index < -0.39 is 17.5 Å². The van der Waals surface area contributed by atoms with Crippen molar-refractivity contribution in [2.75, 3.05) is 0 Å². The summed E-state index contributed by atoms with van der Waals surface area (Å²) in [7, 11) is 0. The number of hydrogen-bond acceptors (Lipinski definition) is 2. The maximum atomic E-state index is 12.6. The number of phenolic OH excluding ortho intramolecular Hbond substituents is 1. The molecule has 0 amide bonds. The van der Waals surface area contributed by atoms with Crippen molar-refractivity contribution in [2.45, 2.75) is 6.18 Å². The third-order valence-electron chi connectivity index (χ3n) is 2.83. The van der Waals surface area contributed by atoms with E-state index in [2.05, 4.69) is 0 Å². The van der Waals surface area contributed by atoms with Gasteiger partial charge in [-0.25, -0.2) is 0 Å². The van der Waals surface area contributed by atoms with Gasteiger partial charge in [0.05, 0.1) is 5.56 Å². The number of hydrogen-bond donors (Lipinski definition) is 1. The van der Waals surface area contributed by atoms with Crippen LogP contribution in [0.25, 0.3) is 6.08 Å². The minimum Gasteiger partial charge on any atom is -0.507 e. The molecule has 0 aliphatic heterocycles. The SMILES string of the molecule is O=C(/C=C/c1ccccc1O)c1cccc(C(F)(F)F)c1. The Morgan fingerprint density at radius 2 is 1.76 bits per heavy atom. The van der Waals surface area contributed by atoms with E-state index in [1.54, 1.807) is 18.2 Å². The van der Waals surface area contributed by atoms with Crippen molar-refractivity contribution in [3.05, 3.63) is 71.3 Å². The Kier molecular flexibility index (Phi) is 4.12. The van der Waals surface area contributed by atoms with Crippen LogP contribution in [0.5, 0.6) is 5.75 Å². The van der Waals surface area contributed by atoms with Gasteiger partial charge < -0.3 is 5.11 Å². The monoisotopic (exact) mass is 292 g/mol. The molecule has 21 heavy (non-hydrogen) atoms. The molecule has 0 saturated heterocycles. The predicted octanol–water partition coefficient (Wildman–Crippen LogP) is 4.31. The molecule has 0 aromatic heterocycles. The summed E-state index contributed by atoms with van der Waals surface area (Å²) in [4.78, 5) is 11.9. The summed E-state index contributed by atoms with van der Waals surface area (Å²) in [6, 6.07) is 10.5. The zero-order valence-corrected chi connectivity index (χ0v) is 10.8. The fourth-order valence-electron chi connectivity index (χ4n) is 1.74. The fourth-order valence-corrected chi connectivity index (χ4v) is 1.74. The third kappa shape index (κ3) is 3.72. The summed E-state index contributed by atoms with van der Waals surface area (Å²) in [6.45, 7) is 0. The van der Waals surface area contributed by atoms with E-state index in [4.69, 9.17) is 0 Å². The summed E-state index contributed by atoms with van der Waals surface area (Å²) in [5.74, 6) is -0.574. The molecule has 0 spiro atoms. The van der Waals surface area contributed by atoms with Gasteiger partial charge in [0.25, 0.3) is 0 Å². The molecule has 1 N–H and O–H groups in total. The van der Waals surface area contributed by atoms with Gasteiger partial charge in [-0.3, -0.25) is 4.79 Å². The molecule has 2 nitrogen and oxygen atoms in total. The van der Waals surface area contributed by atoms with Crippen molar-refractivity contribution in [1.82, 2.24) is 0 Å². The van der Waals surface area contributed by atoms with Crippen molar-refractivity contribution >= 4 is 11.9 Å². The average molecular weight is 292 g/mol. The van der Waals surface area contributed by atoms with E-state index in [1.165, 1.54) is 24.3 Å². The van der Waals surface area contributed by atoms with E-state index in [0.29, 0.717) is 5.56 Å². The number of carbonyl (C=O) groups excluding carboxylic acids is 1. The first kappa shape index (κ1) is 14.8. The van der Waals surface area contributed by atoms with Gasteiger partial charge in [0.1, 0.15) is 5.75 Å². The van der Waals surface area contributed by atoms with Crippen LogP contribution < -0.4 is 0 Å². The number of halogens is 3. The molecule has 0 aliphatic rings. The van der Waals surface area contributed by atoms with E-state index in [1.807, 2.05) is 0 Å². The molecular formula is C16H11F3O2. The summed E-state index contributed by atoms with van der Waals surface area (Å²) >= 11 is 0. The Morgan fingerprint density at radius 1 is 1.05 bits per heavy atom. The highest BCUT2D eigenvalue weighted by Crippen LogP contribution is 2.29. The lowest BCUT2D eigenvalue weighted by atomic mass is 10.1. The minimum absolute atomic E-state index is 0.00871. The molecular weight excluding hydrogens is 281 g/mol. The molecule has 0 aliphatic carbocycles. The van der Waals surface area contributed by atoms with Crippen LogP contribution in [0.1, 0.15) is 21.5 Å². The van der Waals surface area contributed by atoms with Crippen molar-refractivity contribution in [3.8, 4) is 5.75 Å². The molecule has 0 atom stereocenters. The molecule has 0 saturated carbocycles. The standard InChI is InChI=1S/C16H11F3O2/c17-16(18,19)13-6-3-5-12(10-13)15(21)9-8-11-4-1-2-7-14(11)20/h1-10,20H/b9-8+. The number of phenols is 1. The quantitative estimate of drug-likeness (QED) is 0.676. The molecule has 0 fully saturated rings. The van der Waals surface area contributed by atoms with Crippen molar-refractivity contribution in [2.24, 2.45) is 0 Å². The van der Waals surface area contributed by atoms with Crippen molar-refractivity contribution < 1.29 is 23.1 Å². The van der Waals surface area contributed by atoms with E-state index in [-0.39, 0.29) is 11.3 Å². The second-order valence-electron chi connectivity index (χ2n) is 4.33. The number of carbonyl (C=O) groups is 1. The molecule has 2 aromatic carbocycles. The first-order valence-corrected chi connectivity index (χ1v) is 6.05. The summed E-state index contributed by atoms with van der Waals surface area (Å²) in [5.41, 5.74) is -0.515. The molecule has 0 radical (unpaired) electrons. The number of ketones is 1. The molecule has 2 rings (SSSR count). The Morgan fingerprint density at radius 3 is 2.43 bits per heavy atom. The lowest BCUT2D eigenvalue weighted by molar-refractivity contribution is -0.137. The molecule has 0 bridgehead atoms. The van der Waals surface area contributed by atoms with Crippen LogP contribution >= 0.6 is 0 Å². The first-order chi connectivity index (χ1) is 9.88. The third-order valence-corrected chi connectivity index (χ3v) is 2.83. The molecule has 2 aromatic rings. The van der Waals surface area contributed by atoms with Gasteiger partial charge in [-0.2, -0.15) is 13.2 Å². The van der Waals surface area contributed by atoms with Crippen LogP contribution in [0.3, 0.4) is 0 Å². The van der Waals surface area contributed by atoms with Crippen LogP contribution in [0.4, 0.5) is 13.2 Å². The fraction of sp³-hybridized carbons (Fsp3) is 0.0625. The van der Waals surface area contributed by atoms with Crippen LogP contribution in [-0.2, 0) is 6.18 Å². The second kappa shape index (κ2) is 5.83. The summed E-state index contributed by atoms with van der Waals surface area (Å²) < 4.78 is 37.7.